The standard InChI is InChI=1S/C11H11F2N3O3S/c1-16-11(14)6(4-15-16)5-3-7(12)10(20(2,18)19)8(13)9(5)17/h3-4,17H,14H2,1-2H3. The molecule has 0 fully saturated rings. The van der Waals surface area contributed by atoms with Gasteiger partial charge >= 0.3 is 0 Å². The summed E-state index contributed by atoms with van der Waals surface area (Å²) in [7, 11) is -2.65. The van der Waals surface area contributed by atoms with Gasteiger partial charge in [0.1, 0.15) is 16.5 Å². The number of halogens is 2. The average molecular weight is 303 g/mol. The van der Waals surface area contributed by atoms with Crippen LogP contribution in [0.15, 0.2) is 17.2 Å². The van der Waals surface area contributed by atoms with Gasteiger partial charge in [0, 0.05) is 24.4 Å². The number of anilines is 1. The van der Waals surface area contributed by atoms with Crippen LogP contribution in [0.2, 0.25) is 0 Å². The predicted molar refractivity (Wildman–Crippen MR) is 67.7 cm³/mol. The summed E-state index contributed by atoms with van der Waals surface area (Å²) in [6, 6.07) is 0.710. The monoisotopic (exact) mass is 303 g/mol. The van der Waals surface area contributed by atoms with E-state index in [1.807, 2.05) is 0 Å². The lowest BCUT2D eigenvalue weighted by Crippen LogP contribution is -2.06. The number of benzene rings is 1. The van der Waals surface area contributed by atoms with Gasteiger partial charge in [-0.3, -0.25) is 4.68 Å². The zero-order chi connectivity index (χ0) is 15.2. The van der Waals surface area contributed by atoms with Crippen molar-refractivity contribution in [1.82, 2.24) is 9.78 Å². The van der Waals surface area contributed by atoms with Crippen molar-refractivity contribution in [3.8, 4) is 16.9 Å². The highest BCUT2D eigenvalue weighted by molar-refractivity contribution is 7.90. The van der Waals surface area contributed by atoms with Crippen molar-refractivity contribution in [1.29, 1.82) is 0 Å². The number of aromatic hydroxyl groups is 1. The van der Waals surface area contributed by atoms with E-state index in [2.05, 4.69) is 5.10 Å². The van der Waals surface area contributed by atoms with Gasteiger partial charge < -0.3 is 10.8 Å². The summed E-state index contributed by atoms with van der Waals surface area (Å²) in [5.41, 5.74) is 5.49. The van der Waals surface area contributed by atoms with E-state index < -0.39 is 32.1 Å². The lowest BCUT2D eigenvalue weighted by molar-refractivity contribution is 0.415. The summed E-state index contributed by atoms with van der Waals surface area (Å²) in [6.07, 6.45) is 1.86. The molecular weight excluding hydrogens is 292 g/mol. The minimum atomic E-state index is -4.15. The molecule has 108 valence electrons. The number of rotatable bonds is 2. The fourth-order valence-electron chi connectivity index (χ4n) is 1.79. The zero-order valence-corrected chi connectivity index (χ0v) is 11.4. The fourth-order valence-corrected chi connectivity index (χ4v) is 2.63. The smallest absolute Gasteiger partial charge is 0.187 e. The van der Waals surface area contributed by atoms with Crippen LogP contribution in [0.5, 0.6) is 5.75 Å². The van der Waals surface area contributed by atoms with Crippen LogP contribution in [0.25, 0.3) is 11.1 Å². The van der Waals surface area contributed by atoms with Crippen LogP contribution < -0.4 is 5.73 Å². The van der Waals surface area contributed by atoms with E-state index in [1.165, 1.54) is 17.9 Å². The summed E-state index contributed by atoms with van der Waals surface area (Å²) < 4.78 is 51.6. The summed E-state index contributed by atoms with van der Waals surface area (Å²) in [6.45, 7) is 0. The number of nitrogen functional groups attached to an aromatic ring is 1. The van der Waals surface area contributed by atoms with E-state index in [9.17, 15) is 22.3 Å². The Kier molecular flexibility index (Phi) is 3.17. The zero-order valence-electron chi connectivity index (χ0n) is 10.6. The minimum absolute atomic E-state index is 0.0752. The summed E-state index contributed by atoms with van der Waals surface area (Å²) in [5, 5.41) is 13.5. The van der Waals surface area contributed by atoms with E-state index in [0.717, 1.165) is 0 Å². The number of aryl methyl sites for hydroxylation is 1. The van der Waals surface area contributed by atoms with E-state index in [4.69, 9.17) is 5.73 Å². The highest BCUT2D eigenvalue weighted by Gasteiger charge is 2.27. The number of phenolic OH excluding ortho intramolecular Hbond substituents is 1. The lowest BCUT2D eigenvalue weighted by atomic mass is 10.1. The normalized spacial score (nSPS) is 11.8. The second-order valence-corrected chi connectivity index (χ2v) is 6.19. The summed E-state index contributed by atoms with van der Waals surface area (Å²) in [5.74, 6) is -3.77. The van der Waals surface area contributed by atoms with Crippen molar-refractivity contribution in [2.75, 3.05) is 12.0 Å². The third-order valence-corrected chi connectivity index (χ3v) is 3.91. The molecule has 0 spiro atoms. The van der Waals surface area contributed by atoms with Gasteiger partial charge in [-0.1, -0.05) is 0 Å². The number of hydrogen-bond donors (Lipinski definition) is 2. The van der Waals surface area contributed by atoms with E-state index in [0.29, 0.717) is 12.3 Å². The second kappa shape index (κ2) is 4.44. The van der Waals surface area contributed by atoms with Crippen molar-refractivity contribution in [2.24, 2.45) is 7.05 Å². The third-order valence-electron chi connectivity index (χ3n) is 2.80. The van der Waals surface area contributed by atoms with Crippen molar-refractivity contribution in [3.05, 3.63) is 23.9 Å². The Hall–Kier alpha value is -2.16. The Morgan fingerprint density at radius 1 is 1.35 bits per heavy atom. The first kappa shape index (κ1) is 14.3. The molecule has 3 N–H and O–H groups in total. The van der Waals surface area contributed by atoms with Crippen LogP contribution in [-0.4, -0.2) is 29.6 Å². The van der Waals surface area contributed by atoms with Crippen LogP contribution in [0.1, 0.15) is 0 Å². The number of nitrogens with two attached hydrogens (primary N) is 1. The molecule has 1 aromatic heterocycles. The Morgan fingerprint density at radius 3 is 2.40 bits per heavy atom. The van der Waals surface area contributed by atoms with Crippen molar-refractivity contribution < 1.29 is 22.3 Å². The van der Waals surface area contributed by atoms with Gasteiger partial charge in [-0.05, 0) is 6.07 Å². The molecule has 0 unspecified atom stereocenters. The molecule has 0 radical (unpaired) electrons. The summed E-state index contributed by atoms with van der Waals surface area (Å²) >= 11 is 0. The van der Waals surface area contributed by atoms with Crippen molar-refractivity contribution in [3.63, 3.8) is 0 Å². The average Bonchev–Trinajstić information content (AvgIpc) is 2.63. The number of hydrogen-bond acceptors (Lipinski definition) is 5. The number of phenols is 1. The van der Waals surface area contributed by atoms with Crippen molar-refractivity contribution in [2.45, 2.75) is 4.90 Å². The van der Waals surface area contributed by atoms with Gasteiger partial charge in [-0.2, -0.15) is 5.10 Å². The molecule has 0 aliphatic rings. The van der Waals surface area contributed by atoms with Crippen LogP contribution >= 0.6 is 0 Å². The highest BCUT2D eigenvalue weighted by Crippen LogP contribution is 2.38. The number of aromatic nitrogens is 2. The van der Waals surface area contributed by atoms with Gasteiger partial charge in [0.15, 0.2) is 21.4 Å². The molecule has 1 heterocycles. The molecular formula is C11H11F2N3O3S. The maximum absolute atomic E-state index is 13.9. The van der Waals surface area contributed by atoms with Crippen LogP contribution in [0.3, 0.4) is 0 Å². The lowest BCUT2D eigenvalue weighted by Gasteiger charge is -2.09. The summed E-state index contributed by atoms with van der Waals surface area (Å²) in [4.78, 5) is -1.18. The Bertz CT molecular complexity index is 800. The maximum atomic E-state index is 13.9. The Labute approximate surface area is 113 Å². The predicted octanol–water partition coefficient (Wildman–Crippen LogP) is 1.06. The Balaban J connectivity index is 2.80. The molecule has 9 heteroatoms. The highest BCUT2D eigenvalue weighted by atomic mass is 32.2. The quantitative estimate of drug-likeness (QED) is 0.864. The second-order valence-electron chi connectivity index (χ2n) is 4.24. The maximum Gasteiger partial charge on any atom is 0.187 e. The molecule has 0 saturated carbocycles. The molecule has 20 heavy (non-hydrogen) atoms. The third kappa shape index (κ3) is 2.09. The molecule has 0 amide bonds. The molecule has 0 saturated heterocycles. The molecule has 0 aliphatic heterocycles. The first-order valence-electron chi connectivity index (χ1n) is 5.33. The van der Waals surface area contributed by atoms with Gasteiger partial charge in [0.05, 0.1) is 6.20 Å². The van der Waals surface area contributed by atoms with Crippen LogP contribution in [0.4, 0.5) is 14.6 Å². The first-order valence-corrected chi connectivity index (χ1v) is 7.22. The van der Waals surface area contributed by atoms with Gasteiger partial charge in [-0.15, -0.1) is 0 Å². The van der Waals surface area contributed by atoms with E-state index in [1.54, 1.807) is 0 Å². The minimum Gasteiger partial charge on any atom is -0.504 e. The van der Waals surface area contributed by atoms with Crippen molar-refractivity contribution >= 4 is 15.7 Å². The molecule has 0 bridgehead atoms. The molecule has 2 aromatic rings. The fraction of sp³-hybridized carbons (Fsp3) is 0.182. The molecule has 6 nitrogen and oxygen atoms in total. The number of nitrogens with zero attached hydrogens (tertiary/aromatic N) is 2. The molecule has 2 rings (SSSR count). The topological polar surface area (TPSA) is 98.2 Å². The molecule has 0 atom stereocenters. The van der Waals surface area contributed by atoms with Crippen LogP contribution in [0, 0.1) is 11.6 Å². The molecule has 0 aliphatic carbocycles. The number of sulfone groups is 1. The molecule has 1 aromatic carbocycles. The van der Waals surface area contributed by atoms with E-state index >= 15 is 0 Å². The van der Waals surface area contributed by atoms with Gasteiger partial charge in [0.25, 0.3) is 0 Å². The Morgan fingerprint density at radius 2 is 1.95 bits per heavy atom. The largest absolute Gasteiger partial charge is 0.504 e. The van der Waals surface area contributed by atoms with Gasteiger partial charge in [0.2, 0.25) is 0 Å². The SMILES string of the molecule is Cn1ncc(-c2cc(F)c(S(C)(=O)=O)c(F)c2O)c1N. The van der Waals surface area contributed by atoms with E-state index in [-0.39, 0.29) is 16.9 Å². The van der Waals surface area contributed by atoms with Crippen LogP contribution in [-0.2, 0) is 16.9 Å². The first-order chi connectivity index (χ1) is 9.14. The van der Waals surface area contributed by atoms with Gasteiger partial charge in [-0.25, -0.2) is 17.2 Å².